The summed E-state index contributed by atoms with van der Waals surface area (Å²) in [5.41, 5.74) is 1.40. The molecule has 23 heavy (non-hydrogen) atoms. The second-order valence-corrected chi connectivity index (χ2v) is 6.92. The van der Waals surface area contributed by atoms with E-state index in [0.717, 1.165) is 57.8 Å². The van der Waals surface area contributed by atoms with E-state index in [0.29, 0.717) is 11.8 Å². The number of piperidine rings is 1. The van der Waals surface area contributed by atoms with Gasteiger partial charge in [0.05, 0.1) is 0 Å². The summed E-state index contributed by atoms with van der Waals surface area (Å²) in [4.78, 5) is 14.5. The summed E-state index contributed by atoms with van der Waals surface area (Å²) >= 11 is 0. The lowest BCUT2D eigenvalue weighted by atomic mass is 9.93. The second-order valence-electron chi connectivity index (χ2n) is 6.92. The summed E-state index contributed by atoms with van der Waals surface area (Å²) in [7, 11) is 0. The molecule has 0 bridgehead atoms. The molecule has 0 spiro atoms. The first-order valence-electron chi connectivity index (χ1n) is 8.83. The van der Waals surface area contributed by atoms with Crippen LogP contribution in [-0.4, -0.2) is 37.0 Å². The minimum absolute atomic E-state index is 0. The molecule has 2 saturated heterocycles. The first-order chi connectivity index (χ1) is 10.8. The maximum absolute atomic E-state index is 12.4. The number of benzene rings is 1. The Kier molecular flexibility index (Phi) is 7.38. The van der Waals surface area contributed by atoms with Crippen molar-refractivity contribution in [3.8, 4) is 0 Å². The number of nitrogens with zero attached hydrogens (tertiary/aromatic N) is 1. The van der Waals surface area contributed by atoms with Crippen molar-refractivity contribution < 1.29 is 4.79 Å². The van der Waals surface area contributed by atoms with Crippen molar-refractivity contribution in [2.24, 2.45) is 11.8 Å². The highest BCUT2D eigenvalue weighted by atomic mass is 35.5. The second kappa shape index (κ2) is 9.29. The molecule has 0 aromatic heterocycles. The number of amides is 1. The maximum atomic E-state index is 12.4. The molecule has 4 heteroatoms. The van der Waals surface area contributed by atoms with Crippen LogP contribution < -0.4 is 5.32 Å². The van der Waals surface area contributed by atoms with Crippen molar-refractivity contribution >= 4 is 18.3 Å². The molecule has 2 fully saturated rings. The van der Waals surface area contributed by atoms with Crippen molar-refractivity contribution in [1.29, 1.82) is 0 Å². The van der Waals surface area contributed by atoms with Crippen molar-refractivity contribution in [2.45, 2.75) is 38.5 Å². The molecule has 1 atom stereocenters. The van der Waals surface area contributed by atoms with Crippen molar-refractivity contribution in [2.75, 3.05) is 26.2 Å². The van der Waals surface area contributed by atoms with E-state index < -0.39 is 0 Å². The van der Waals surface area contributed by atoms with Crippen LogP contribution in [0.2, 0.25) is 0 Å². The van der Waals surface area contributed by atoms with Crippen LogP contribution in [0.4, 0.5) is 0 Å². The first-order valence-corrected chi connectivity index (χ1v) is 8.83. The fourth-order valence-electron chi connectivity index (χ4n) is 3.83. The number of carbonyl (C=O) groups is 1. The van der Waals surface area contributed by atoms with Crippen LogP contribution >= 0.6 is 12.4 Å². The predicted octanol–water partition coefficient (Wildman–Crippen LogP) is 3.28. The van der Waals surface area contributed by atoms with E-state index in [9.17, 15) is 4.79 Å². The Hall–Kier alpha value is -1.06. The van der Waals surface area contributed by atoms with Gasteiger partial charge in [-0.05, 0) is 62.6 Å². The molecule has 128 valence electrons. The molecule has 3 rings (SSSR count). The van der Waals surface area contributed by atoms with E-state index in [2.05, 4.69) is 40.5 Å². The van der Waals surface area contributed by atoms with E-state index in [1.54, 1.807) is 0 Å². The Labute approximate surface area is 146 Å². The van der Waals surface area contributed by atoms with Crippen LogP contribution in [0.3, 0.4) is 0 Å². The molecule has 0 radical (unpaired) electrons. The lowest BCUT2D eigenvalue weighted by Gasteiger charge is -2.23. The minimum atomic E-state index is 0. The van der Waals surface area contributed by atoms with Crippen molar-refractivity contribution in [3.05, 3.63) is 35.9 Å². The third-order valence-corrected chi connectivity index (χ3v) is 5.23. The molecule has 2 aliphatic heterocycles. The number of rotatable bonds is 5. The van der Waals surface area contributed by atoms with Crippen LogP contribution in [0.1, 0.15) is 37.7 Å². The van der Waals surface area contributed by atoms with E-state index in [1.807, 2.05) is 0 Å². The SMILES string of the molecule is Cl.O=C(CCC1CCNCC1)N1CCC(Cc2ccccc2)C1. The number of hydrogen-bond donors (Lipinski definition) is 1. The summed E-state index contributed by atoms with van der Waals surface area (Å²) in [6, 6.07) is 10.7. The average Bonchev–Trinajstić information content (AvgIpc) is 3.03. The lowest BCUT2D eigenvalue weighted by Crippen LogP contribution is -2.31. The highest BCUT2D eigenvalue weighted by Crippen LogP contribution is 2.23. The quantitative estimate of drug-likeness (QED) is 0.895. The predicted molar refractivity (Wildman–Crippen MR) is 96.9 cm³/mol. The van der Waals surface area contributed by atoms with Gasteiger partial charge in [-0.2, -0.15) is 0 Å². The van der Waals surface area contributed by atoms with E-state index in [-0.39, 0.29) is 12.4 Å². The Morgan fingerprint density at radius 3 is 2.57 bits per heavy atom. The summed E-state index contributed by atoms with van der Waals surface area (Å²) < 4.78 is 0. The van der Waals surface area contributed by atoms with E-state index in [4.69, 9.17) is 0 Å². The molecule has 1 unspecified atom stereocenters. The van der Waals surface area contributed by atoms with E-state index in [1.165, 1.54) is 18.4 Å². The Bertz CT molecular complexity index is 474. The third-order valence-electron chi connectivity index (χ3n) is 5.23. The maximum Gasteiger partial charge on any atom is 0.222 e. The van der Waals surface area contributed by atoms with Gasteiger partial charge in [-0.1, -0.05) is 30.3 Å². The Morgan fingerprint density at radius 2 is 1.83 bits per heavy atom. The fraction of sp³-hybridized carbons (Fsp3) is 0.632. The molecule has 2 aliphatic rings. The first kappa shape index (κ1) is 18.3. The Morgan fingerprint density at radius 1 is 1.09 bits per heavy atom. The van der Waals surface area contributed by atoms with Gasteiger partial charge < -0.3 is 10.2 Å². The van der Waals surface area contributed by atoms with Gasteiger partial charge >= 0.3 is 0 Å². The number of halogens is 1. The van der Waals surface area contributed by atoms with Crippen molar-refractivity contribution in [3.63, 3.8) is 0 Å². The zero-order valence-electron chi connectivity index (χ0n) is 13.9. The van der Waals surface area contributed by atoms with Gasteiger partial charge in [0.15, 0.2) is 0 Å². The molecule has 1 aromatic rings. The molecule has 0 saturated carbocycles. The van der Waals surface area contributed by atoms with Gasteiger partial charge in [0.1, 0.15) is 0 Å². The lowest BCUT2D eigenvalue weighted by molar-refractivity contribution is -0.130. The monoisotopic (exact) mass is 336 g/mol. The summed E-state index contributed by atoms with van der Waals surface area (Å²) in [5.74, 6) is 1.78. The van der Waals surface area contributed by atoms with Crippen LogP contribution in [0.5, 0.6) is 0 Å². The van der Waals surface area contributed by atoms with Crippen LogP contribution in [0, 0.1) is 11.8 Å². The van der Waals surface area contributed by atoms with Crippen LogP contribution in [-0.2, 0) is 11.2 Å². The molecule has 1 amide bonds. The molecule has 3 nitrogen and oxygen atoms in total. The van der Waals surface area contributed by atoms with Gasteiger partial charge in [0.2, 0.25) is 5.91 Å². The summed E-state index contributed by atoms with van der Waals surface area (Å²) in [6.45, 7) is 4.17. The number of nitrogens with one attached hydrogen (secondary N) is 1. The normalized spacial score (nSPS) is 21.9. The molecule has 0 aliphatic carbocycles. The van der Waals surface area contributed by atoms with Crippen molar-refractivity contribution in [1.82, 2.24) is 10.2 Å². The summed E-state index contributed by atoms with van der Waals surface area (Å²) in [6.07, 6.45) is 6.59. The largest absolute Gasteiger partial charge is 0.342 e. The zero-order chi connectivity index (χ0) is 15.2. The highest BCUT2D eigenvalue weighted by molar-refractivity contribution is 5.85. The number of hydrogen-bond acceptors (Lipinski definition) is 2. The zero-order valence-corrected chi connectivity index (χ0v) is 14.7. The number of carbonyl (C=O) groups excluding carboxylic acids is 1. The van der Waals surface area contributed by atoms with Crippen LogP contribution in [0.15, 0.2) is 30.3 Å². The Balaban J connectivity index is 0.00000192. The standard InChI is InChI=1S/C19H28N2O.ClH/c22-19(7-6-16-8-11-20-12-9-16)21-13-10-18(15-21)14-17-4-2-1-3-5-17;/h1-5,16,18,20H,6-15H2;1H. The molecule has 1 N–H and O–H groups in total. The molecular formula is C19H29ClN2O. The number of likely N-dealkylation sites (tertiary alicyclic amines) is 1. The third kappa shape index (κ3) is 5.50. The molecule has 2 heterocycles. The highest BCUT2D eigenvalue weighted by Gasteiger charge is 2.26. The summed E-state index contributed by atoms with van der Waals surface area (Å²) in [5, 5.41) is 3.39. The van der Waals surface area contributed by atoms with E-state index >= 15 is 0 Å². The topological polar surface area (TPSA) is 32.3 Å². The fourth-order valence-corrected chi connectivity index (χ4v) is 3.83. The van der Waals surface area contributed by atoms with Gasteiger partial charge in [-0.3, -0.25) is 4.79 Å². The van der Waals surface area contributed by atoms with Crippen LogP contribution in [0.25, 0.3) is 0 Å². The molecule has 1 aromatic carbocycles. The minimum Gasteiger partial charge on any atom is -0.342 e. The van der Waals surface area contributed by atoms with Gasteiger partial charge in [0, 0.05) is 19.5 Å². The van der Waals surface area contributed by atoms with Gasteiger partial charge in [0.25, 0.3) is 0 Å². The van der Waals surface area contributed by atoms with Gasteiger partial charge in [-0.25, -0.2) is 0 Å². The smallest absolute Gasteiger partial charge is 0.222 e. The van der Waals surface area contributed by atoms with Gasteiger partial charge in [-0.15, -0.1) is 12.4 Å². The average molecular weight is 337 g/mol. The molecular weight excluding hydrogens is 308 g/mol.